The molecule has 0 saturated carbocycles. The zero-order valence-corrected chi connectivity index (χ0v) is 10.2. The minimum atomic E-state index is -1.17. The fourth-order valence-corrected chi connectivity index (χ4v) is 2.11. The molecule has 94 valence electrons. The van der Waals surface area contributed by atoms with Gasteiger partial charge in [0.2, 0.25) is 0 Å². The first-order valence-corrected chi connectivity index (χ1v) is 5.47. The molecule has 0 spiro atoms. The molecule has 2 rings (SSSR count). The van der Waals surface area contributed by atoms with E-state index in [4.69, 9.17) is 22.4 Å². The Kier molecular flexibility index (Phi) is 3.00. The summed E-state index contributed by atoms with van der Waals surface area (Å²) in [6, 6.07) is 4.21. The largest absolute Gasteiger partial charge is 0.478 e. The minimum absolute atomic E-state index is 0.0213. The molecule has 6 heteroatoms. The van der Waals surface area contributed by atoms with Crippen LogP contribution in [0.3, 0.4) is 0 Å². The maximum atomic E-state index is 13.8. The van der Waals surface area contributed by atoms with Crippen LogP contribution in [-0.4, -0.2) is 16.1 Å². The number of hydrogen-bond donors (Lipinski definition) is 3. The van der Waals surface area contributed by atoms with E-state index in [0.29, 0.717) is 5.69 Å². The van der Waals surface area contributed by atoms with Gasteiger partial charge in [-0.25, -0.2) is 9.18 Å². The Morgan fingerprint density at radius 1 is 1.50 bits per heavy atom. The molecule has 0 aliphatic rings. The molecule has 0 bridgehead atoms. The summed E-state index contributed by atoms with van der Waals surface area (Å²) in [5, 5.41) is 9.19. The molecule has 0 unspecified atom stereocenters. The van der Waals surface area contributed by atoms with Crippen LogP contribution in [0, 0.1) is 12.7 Å². The Bertz CT molecular complexity index is 617. The number of aromatic nitrogens is 1. The number of nitrogens with two attached hydrogens (primary N) is 1. The van der Waals surface area contributed by atoms with Gasteiger partial charge < -0.3 is 15.8 Å². The number of carboxylic acid groups (broad SMARTS) is 1. The van der Waals surface area contributed by atoms with Crippen LogP contribution < -0.4 is 5.73 Å². The molecule has 1 heterocycles. The van der Waals surface area contributed by atoms with Gasteiger partial charge in [0.15, 0.2) is 0 Å². The first-order chi connectivity index (χ1) is 8.43. The summed E-state index contributed by atoms with van der Waals surface area (Å²) in [5.74, 6) is -1.73. The Hall–Kier alpha value is -2.01. The number of rotatable bonds is 2. The van der Waals surface area contributed by atoms with Crippen LogP contribution in [0.5, 0.6) is 0 Å². The lowest BCUT2D eigenvalue weighted by atomic mass is 10.1. The molecule has 0 radical (unpaired) electrons. The molecule has 0 amide bonds. The zero-order chi connectivity index (χ0) is 13.4. The molecule has 2 aromatic rings. The number of hydrogen-bond acceptors (Lipinski definition) is 2. The van der Waals surface area contributed by atoms with Gasteiger partial charge in [-0.3, -0.25) is 0 Å². The second-order valence-corrected chi connectivity index (χ2v) is 4.22. The van der Waals surface area contributed by atoms with Crippen LogP contribution in [0.2, 0.25) is 5.02 Å². The van der Waals surface area contributed by atoms with E-state index in [1.54, 1.807) is 6.92 Å². The maximum absolute atomic E-state index is 13.8. The van der Waals surface area contributed by atoms with Crippen molar-refractivity contribution >= 4 is 23.3 Å². The van der Waals surface area contributed by atoms with Crippen LogP contribution in [0.15, 0.2) is 18.2 Å². The Labute approximate surface area is 107 Å². The average Bonchev–Trinajstić information content (AvgIpc) is 2.54. The van der Waals surface area contributed by atoms with E-state index in [9.17, 15) is 9.18 Å². The quantitative estimate of drug-likeness (QED) is 0.783. The number of nitrogen functional groups attached to an aromatic ring is 1. The van der Waals surface area contributed by atoms with Crippen LogP contribution in [0.25, 0.3) is 11.3 Å². The lowest BCUT2D eigenvalue weighted by Crippen LogP contribution is -2.01. The van der Waals surface area contributed by atoms with Crippen molar-refractivity contribution in [2.24, 2.45) is 0 Å². The molecule has 0 fully saturated rings. The molecular formula is C12H10ClFN2O2. The SMILES string of the molecule is Cc1[nH]c(-c2c(F)cccc2Cl)c(N)c1C(=O)O. The molecule has 18 heavy (non-hydrogen) atoms. The van der Waals surface area contributed by atoms with Crippen molar-refractivity contribution in [2.75, 3.05) is 5.73 Å². The zero-order valence-electron chi connectivity index (χ0n) is 9.42. The van der Waals surface area contributed by atoms with E-state index < -0.39 is 11.8 Å². The smallest absolute Gasteiger partial charge is 0.339 e. The van der Waals surface area contributed by atoms with Gasteiger partial charge in [0.25, 0.3) is 0 Å². The maximum Gasteiger partial charge on any atom is 0.339 e. The molecule has 0 saturated heterocycles. The van der Waals surface area contributed by atoms with Gasteiger partial charge in [-0.1, -0.05) is 17.7 Å². The van der Waals surface area contributed by atoms with Crippen LogP contribution in [0.1, 0.15) is 16.1 Å². The molecular weight excluding hydrogens is 259 g/mol. The summed E-state index contributed by atoms with van der Waals surface area (Å²) < 4.78 is 13.8. The monoisotopic (exact) mass is 268 g/mol. The molecule has 4 nitrogen and oxygen atoms in total. The number of carbonyl (C=O) groups is 1. The van der Waals surface area contributed by atoms with Gasteiger partial charge in [-0.05, 0) is 19.1 Å². The molecule has 4 N–H and O–H groups in total. The summed E-state index contributed by atoms with van der Waals surface area (Å²) in [7, 11) is 0. The fraction of sp³-hybridized carbons (Fsp3) is 0.0833. The minimum Gasteiger partial charge on any atom is -0.478 e. The number of aryl methyl sites for hydroxylation is 1. The van der Waals surface area contributed by atoms with E-state index in [1.165, 1.54) is 18.2 Å². The van der Waals surface area contributed by atoms with Crippen molar-refractivity contribution in [3.05, 3.63) is 40.3 Å². The Balaban J connectivity index is 2.73. The lowest BCUT2D eigenvalue weighted by Gasteiger charge is -2.05. The first-order valence-electron chi connectivity index (χ1n) is 5.09. The third-order valence-corrected chi connectivity index (χ3v) is 2.97. The number of aromatic carboxylic acids is 1. The highest BCUT2D eigenvalue weighted by Gasteiger charge is 2.22. The molecule has 1 aromatic carbocycles. The summed E-state index contributed by atoms with van der Waals surface area (Å²) in [4.78, 5) is 13.8. The van der Waals surface area contributed by atoms with E-state index in [0.717, 1.165) is 0 Å². The van der Waals surface area contributed by atoms with E-state index in [-0.39, 0.29) is 27.5 Å². The van der Waals surface area contributed by atoms with Gasteiger partial charge in [0.05, 0.1) is 22.0 Å². The molecule has 0 aliphatic carbocycles. The number of anilines is 1. The van der Waals surface area contributed by atoms with E-state index in [1.807, 2.05) is 0 Å². The van der Waals surface area contributed by atoms with Crippen molar-refractivity contribution in [1.29, 1.82) is 0 Å². The normalized spacial score (nSPS) is 10.6. The molecule has 0 aliphatic heterocycles. The van der Waals surface area contributed by atoms with E-state index in [2.05, 4.69) is 4.98 Å². The predicted molar refractivity (Wildman–Crippen MR) is 67.3 cm³/mol. The molecule has 1 aromatic heterocycles. The summed E-state index contributed by atoms with van der Waals surface area (Å²) in [5.41, 5.74) is 6.27. The highest BCUT2D eigenvalue weighted by Crippen LogP contribution is 2.36. The topological polar surface area (TPSA) is 79.1 Å². The lowest BCUT2D eigenvalue weighted by molar-refractivity contribution is 0.0697. The second-order valence-electron chi connectivity index (χ2n) is 3.82. The third kappa shape index (κ3) is 1.82. The van der Waals surface area contributed by atoms with Crippen molar-refractivity contribution in [1.82, 2.24) is 4.98 Å². The van der Waals surface area contributed by atoms with Gasteiger partial charge in [0, 0.05) is 5.69 Å². The van der Waals surface area contributed by atoms with Crippen LogP contribution >= 0.6 is 11.6 Å². The van der Waals surface area contributed by atoms with Crippen LogP contribution in [0.4, 0.5) is 10.1 Å². The van der Waals surface area contributed by atoms with Gasteiger partial charge in [-0.2, -0.15) is 0 Å². The van der Waals surface area contributed by atoms with E-state index >= 15 is 0 Å². The fourth-order valence-electron chi connectivity index (χ4n) is 1.85. The number of carboxylic acids is 1. The summed E-state index contributed by atoms with van der Waals surface area (Å²) >= 11 is 5.91. The molecule has 0 atom stereocenters. The Morgan fingerprint density at radius 2 is 2.17 bits per heavy atom. The Morgan fingerprint density at radius 3 is 2.67 bits per heavy atom. The predicted octanol–water partition coefficient (Wildman–Crippen LogP) is 3.06. The van der Waals surface area contributed by atoms with Crippen LogP contribution in [-0.2, 0) is 0 Å². The number of aromatic amines is 1. The second kappa shape index (κ2) is 4.34. The van der Waals surface area contributed by atoms with Crippen molar-refractivity contribution in [2.45, 2.75) is 6.92 Å². The van der Waals surface area contributed by atoms with Crippen molar-refractivity contribution in [3.63, 3.8) is 0 Å². The summed E-state index contributed by atoms with van der Waals surface area (Å²) in [6.45, 7) is 1.55. The number of H-pyrrole nitrogens is 1. The summed E-state index contributed by atoms with van der Waals surface area (Å²) in [6.07, 6.45) is 0. The third-order valence-electron chi connectivity index (χ3n) is 2.65. The standard InChI is InChI=1S/C12H10ClFN2O2/c1-5-8(12(17)18)10(15)11(16-5)9-6(13)3-2-4-7(9)14/h2-4,16H,15H2,1H3,(H,17,18). The highest BCUT2D eigenvalue weighted by molar-refractivity contribution is 6.33. The number of benzene rings is 1. The van der Waals surface area contributed by atoms with Crippen molar-refractivity contribution in [3.8, 4) is 11.3 Å². The highest BCUT2D eigenvalue weighted by atomic mass is 35.5. The van der Waals surface area contributed by atoms with Gasteiger partial charge in [0.1, 0.15) is 11.4 Å². The van der Waals surface area contributed by atoms with Gasteiger partial charge in [-0.15, -0.1) is 0 Å². The number of halogens is 2. The number of nitrogens with one attached hydrogen (secondary N) is 1. The first kappa shape index (κ1) is 12.4. The average molecular weight is 269 g/mol. The van der Waals surface area contributed by atoms with Gasteiger partial charge >= 0.3 is 5.97 Å². The van der Waals surface area contributed by atoms with Crippen molar-refractivity contribution < 1.29 is 14.3 Å².